The van der Waals surface area contributed by atoms with Gasteiger partial charge in [-0.15, -0.1) is 11.3 Å². The molecule has 10 rings (SSSR count). The van der Waals surface area contributed by atoms with E-state index in [1.54, 1.807) is 0 Å². The van der Waals surface area contributed by atoms with E-state index < -0.39 is 0 Å². The second-order valence-electron chi connectivity index (χ2n) is 14.3. The molecule has 3 heteroatoms. The topological polar surface area (TPSA) is 17.3 Å². The fraction of sp³-hybridized carbons (Fsp3) is 0.122. The number of benzene rings is 8. The summed E-state index contributed by atoms with van der Waals surface area (Å²) in [6.45, 7) is 6.87. The lowest BCUT2D eigenvalue weighted by atomic mass is 9.93. The maximum Gasteiger partial charge on any atom is 0.128 e. The van der Waals surface area contributed by atoms with Crippen LogP contribution >= 0.6 is 11.3 Å². The molecule has 2 heterocycles. The molecule has 2 atom stereocenters. The summed E-state index contributed by atoms with van der Waals surface area (Å²) in [5, 5.41) is 10.6. The van der Waals surface area contributed by atoms with Crippen LogP contribution in [0.1, 0.15) is 43.1 Å². The molecule has 0 N–H and O–H groups in total. The predicted molar refractivity (Wildman–Crippen MR) is 226 cm³/mol. The number of thiophene rings is 1. The third-order valence-electron chi connectivity index (χ3n) is 11.3. The maximum atomic E-state index is 5.91. The number of hydrogen-bond donors (Lipinski definition) is 0. The van der Waals surface area contributed by atoms with Crippen molar-refractivity contribution in [2.45, 2.75) is 33.4 Å². The van der Waals surface area contributed by atoms with E-state index in [1.807, 2.05) is 11.3 Å². The highest BCUT2D eigenvalue weighted by atomic mass is 32.1. The van der Waals surface area contributed by atoms with Gasteiger partial charge in [-0.1, -0.05) is 129 Å². The van der Waals surface area contributed by atoms with Crippen molar-refractivity contribution in [3.63, 3.8) is 0 Å². The van der Waals surface area contributed by atoms with Gasteiger partial charge in [-0.3, -0.25) is 4.99 Å². The number of hydrogen-bond acceptors (Lipinski definition) is 2. The third-order valence-corrected chi connectivity index (χ3v) is 12.4. The normalized spacial score (nSPS) is 13.7. The molecule has 0 saturated heterocycles. The molecular weight excluding hydrogens is 649 g/mol. The lowest BCUT2D eigenvalue weighted by Crippen LogP contribution is -2.18. The van der Waals surface area contributed by atoms with Gasteiger partial charge in [0.15, 0.2) is 0 Å². The highest BCUT2D eigenvalue weighted by Gasteiger charge is 2.27. The van der Waals surface area contributed by atoms with Crippen LogP contribution in [0, 0.1) is 12.8 Å². The molecule has 0 fully saturated rings. The molecule has 0 aliphatic carbocycles. The summed E-state index contributed by atoms with van der Waals surface area (Å²) in [7, 11) is 0. The molecule has 0 aliphatic heterocycles. The molecule has 0 amide bonds. The van der Waals surface area contributed by atoms with Crippen molar-refractivity contribution in [3.8, 4) is 11.1 Å². The molecule has 0 radical (unpaired) electrons. The lowest BCUT2D eigenvalue weighted by Gasteiger charge is -2.25. The van der Waals surface area contributed by atoms with E-state index in [-0.39, 0.29) is 12.1 Å². The van der Waals surface area contributed by atoms with E-state index in [0.717, 1.165) is 17.7 Å². The van der Waals surface area contributed by atoms with Gasteiger partial charge < -0.3 is 4.57 Å². The summed E-state index contributed by atoms with van der Waals surface area (Å²) >= 11 is 1.90. The SMILES string of the molecule is CCC(C)C(/N=C(/c1cccc(-c2ccccc2)c1)c1ccccc1C)n1c2cccc3c4cc5sc6ccccc6c5cc4c4cccc1c4c32. The van der Waals surface area contributed by atoms with Crippen LogP contribution in [-0.4, -0.2) is 10.3 Å². The number of nitrogens with zero attached hydrogens (tertiary/aromatic N) is 2. The average molecular weight is 687 g/mol. The molecule has 8 aromatic carbocycles. The van der Waals surface area contributed by atoms with E-state index in [2.05, 4.69) is 177 Å². The summed E-state index contributed by atoms with van der Waals surface area (Å²) in [4.78, 5) is 5.91. The van der Waals surface area contributed by atoms with Crippen LogP contribution in [0.2, 0.25) is 0 Å². The first-order valence-corrected chi connectivity index (χ1v) is 19.2. The van der Waals surface area contributed by atoms with Gasteiger partial charge in [0.1, 0.15) is 6.17 Å². The molecule has 10 aromatic rings. The Morgan fingerprint density at radius 2 is 1.21 bits per heavy atom. The van der Waals surface area contributed by atoms with E-state index in [0.29, 0.717) is 0 Å². The maximum absolute atomic E-state index is 5.91. The Hall–Kier alpha value is -5.77. The minimum atomic E-state index is -0.126. The van der Waals surface area contributed by atoms with Gasteiger partial charge in [0.05, 0.1) is 16.7 Å². The molecule has 0 saturated carbocycles. The molecular formula is C49H38N2S. The molecule has 2 aromatic heterocycles. The first-order chi connectivity index (χ1) is 25.6. The number of fused-ring (bicyclic) bond motifs is 6. The van der Waals surface area contributed by atoms with Crippen molar-refractivity contribution in [3.05, 3.63) is 168 Å². The van der Waals surface area contributed by atoms with E-state index >= 15 is 0 Å². The number of aromatic nitrogens is 1. The summed E-state index contributed by atoms with van der Waals surface area (Å²) in [5.74, 6) is 0.280. The van der Waals surface area contributed by atoms with Gasteiger partial charge in [0.2, 0.25) is 0 Å². The Morgan fingerprint density at radius 1 is 0.577 bits per heavy atom. The van der Waals surface area contributed by atoms with Gasteiger partial charge in [0, 0.05) is 42.1 Å². The van der Waals surface area contributed by atoms with Crippen molar-refractivity contribution >= 4 is 80.6 Å². The van der Waals surface area contributed by atoms with Crippen LogP contribution in [0.4, 0.5) is 0 Å². The van der Waals surface area contributed by atoms with Gasteiger partial charge in [-0.05, 0) is 93.9 Å². The fourth-order valence-electron chi connectivity index (χ4n) is 8.49. The summed E-state index contributed by atoms with van der Waals surface area (Å²) in [6, 6.07) is 55.8. The van der Waals surface area contributed by atoms with Crippen molar-refractivity contribution in [1.29, 1.82) is 0 Å². The standard InChI is InChI=1S/C49H38N2S/c1-4-30(2)49(50-48(35-20-9-8-15-31(35)3)34-19-12-18-33(27-34)32-16-6-5-7-17-32)51-42-24-13-22-37-39-28-41-36-21-10-11-26-44(36)52-45(41)29-40(39)38-23-14-25-43(51)47(38)46(37)42/h5-30,49H,4H2,1-3H3/b50-48-. The van der Waals surface area contributed by atoms with Crippen molar-refractivity contribution in [1.82, 2.24) is 4.57 Å². The van der Waals surface area contributed by atoms with E-state index in [4.69, 9.17) is 4.99 Å². The van der Waals surface area contributed by atoms with Crippen LogP contribution in [-0.2, 0) is 0 Å². The summed E-state index contributed by atoms with van der Waals surface area (Å²) < 4.78 is 5.25. The quantitative estimate of drug-likeness (QED) is 0.117. The first kappa shape index (κ1) is 31.0. The summed E-state index contributed by atoms with van der Waals surface area (Å²) in [5.41, 5.74) is 9.47. The van der Waals surface area contributed by atoms with E-state index in [9.17, 15) is 0 Å². The first-order valence-electron chi connectivity index (χ1n) is 18.4. The van der Waals surface area contributed by atoms with Crippen LogP contribution < -0.4 is 0 Å². The Labute approximate surface area is 307 Å². The minimum Gasteiger partial charge on any atom is -0.317 e. The largest absolute Gasteiger partial charge is 0.317 e. The van der Waals surface area contributed by atoms with Crippen molar-refractivity contribution < 1.29 is 0 Å². The Morgan fingerprint density at radius 3 is 1.96 bits per heavy atom. The third kappa shape index (κ3) is 4.73. The molecule has 52 heavy (non-hydrogen) atoms. The zero-order valence-corrected chi connectivity index (χ0v) is 30.4. The van der Waals surface area contributed by atoms with Crippen LogP contribution in [0.25, 0.3) is 74.6 Å². The number of aryl methyl sites for hydroxylation is 1. The zero-order valence-electron chi connectivity index (χ0n) is 29.6. The van der Waals surface area contributed by atoms with Gasteiger partial charge >= 0.3 is 0 Å². The Balaban J connectivity index is 1.27. The minimum absolute atomic E-state index is 0.126. The van der Waals surface area contributed by atoms with Crippen molar-refractivity contribution in [2.75, 3.05) is 0 Å². The van der Waals surface area contributed by atoms with Crippen LogP contribution in [0.5, 0.6) is 0 Å². The fourth-order valence-corrected chi connectivity index (χ4v) is 9.61. The molecule has 0 aliphatic rings. The highest BCUT2D eigenvalue weighted by Crippen LogP contribution is 2.47. The number of aliphatic imine (C=N–C) groups is 1. The smallest absolute Gasteiger partial charge is 0.128 e. The van der Waals surface area contributed by atoms with Crippen LogP contribution in [0.3, 0.4) is 0 Å². The van der Waals surface area contributed by atoms with Gasteiger partial charge in [-0.25, -0.2) is 0 Å². The molecule has 2 unspecified atom stereocenters. The Kier molecular flexibility index (Phi) is 7.26. The lowest BCUT2D eigenvalue weighted by molar-refractivity contribution is 0.372. The highest BCUT2D eigenvalue weighted by molar-refractivity contribution is 7.25. The zero-order chi connectivity index (χ0) is 34.9. The molecule has 0 bridgehead atoms. The molecule has 250 valence electrons. The van der Waals surface area contributed by atoms with Crippen LogP contribution in [0.15, 0.2) is 157 Å². The Bertz CT molecular complexity index is 2980. The monoisotopic (exact) mass is 686 g/mol. The van der Waals surface area contributed by atoms with Gasteiger partial charge in [0.25, 0.3) is 0 Å². The average Bonchev–Trinajstić information content (AvgIpc) is 3.73. The predicted octanol–water partition coefficient (Wildman–Crippen LogP) is 14.0. The molecule has 0 spiro atoms. The summed E-state index contributed by atoms with van der Waals surface area (Å²) in [6.07, 6.45) is 0.878. The van der Waals surface area contributed by atoms with E-state index in [1.165, 1.54) is 85.8 Å². The van der Waals surface area contributed by atoms with Crippen molar-refractivity contribution in [2.24, 2.45) is 10.9 Å². The molecule has 2 nitrogen and oxygen atoms in total. The van der Waals surface area contributed by atoms with Gasteiger partial charge in [-0.2, -0.15) is 0 Å². The number of rotatable bonds is 7. The second-order valence-corrected chi connectivity index (χ2v) is 15.4. The second kappa shape index (κ2) is 12.2.